The van der Waals surface area contributed by atoms with Gasteiger partial charge in [-0.1, -0.05) is 43.2 Å². The summed E-state index contributed by atoms with van der Waals surface area (Å²) in [5, 5.41) is 9.61. The van der Waals surface area contributed by atoms with Crippen LogP contribution in [-0.2, 0) is 11.8 Å². The molecule has 0 radical (unpaired) electrons. The van der Waals surface area contributed by atoms with Crippen molar-refractivity contribution in [1.29, 1.82) is 5.26 Å². The van der Waals surface area contributed by atoms with Crippen molar-refractivity contribution in [2.75, 3.05) is 29.5 Å². The molecule has 9 heteroatoms. The number of thiocarbonyl (C=S) groups is 1. The van der Waals surface area contributed by atoms with Crippen LogP contribution in [0.15, 0.2) is 9.70 Å². The van der Waals surface area contributed by atoms with Gasteiger partial charge in [0, 0.05) is 43.2 Å². The highest BCUT2D eigenvalue weighted by atomic mass is 32.2. The van der Waals surface area contributed by atoms with E-state index in [0.717, 1.165) is 61.7 Å². The van der Waals surface area contributed by atoms with Crippen molar-refractivity contribution < 1.29 is 4.79 Å². The second kappa shape index (κ2) is 9.39. The van der Waals surface area contributed by atoms with Gasteiger partial charge in [0.25, 0.3) is 11.5 Å². The summed E-state index contributed by atoms with van der Waals surface area (Å²) in [5.41, 5.74) is 1.24. The van der Waals surface area contributed by atoms with Gasteiger partial charge >= 0.3 is 0 Å². The first kappa shape index (κ1) is 22.4. The average molecular weight is 475 g/mol. The second-order valence-electron chi connectivity index (χ2n) is 8.16. The maximum Gasteiger partial charge on any atom is 0.270 e. The van der Waals surface area contributed by atoms with Gasteiger partial charge in [-0.05, 0) is 31.4 Å². The van der Waals surface area contributed by atoms with Crippen LogP contribution in [0.1, 0.15) is 48.8 Å². The molecule has 1 aromatic rings. The predicted octanol–water partition coefficient (Wildman–Crippen LogP) is 3.65. The molecule has 1 saturated carbocycles. The average Bonchev–Trinajstić information content (AvgIpc) is 3.06. The number of amides is 1. The number of hydrogen-bond acceptors (Lipinski definition) is 7. The molecule has 0 bridgehead atoms. The highest BCUT2D eigenvalue weighted by molar-refractivity contribution is 8.26. The smallest absolute Gasteiger partial charge is 0.270 e. The van der Waals surface area contributed by atoms with Gasteiger partial charge in [-0.2, -0.15) is 17.0 Å². The molecule has 164 valence electrons. The van der Waals surface area contributed by atoms with Crippen LogP contribution in [0, 0.1) is 18.3 Å². The summed E-state index contributed by atoms with van der Waals surface area (Å²) in [6.07, 6.45) is 7.32. The van der Waals surface area contributed by atoms with Gasteiger partial charge < -0.3 is 4.90 Å². The molecule has 3 heterocycles. The lowest BCUT2D eigenvalue weighted by Crippen LogP contribution is -2.39. The van der Waals surface area contributed by atoms with Gasteiger partial charge in [0.05, 0.1) is 4.91 Å². The number of pyridine rings is 1. The first-order valence-electron chi connectivity index (χ1n) is 10.7. The molecule has 4 rings (SSSR count). The third kappa shape index (κ3) is 4.18. The molecule has 0 spiro atoms. The van der Waals surface area contributed by atoms with E-state index in [2.05, 4.69) is 11.0 Å². The molecule has 0 N–H and O–H groups in total. The highest BCUT2D eigenvalue weighted by Gasteiger charge is 2.38. The minimum absolute atomic E-state index is 0.0474. The summed E-state index contributed by atoms with van der Waals surface area (Å²) in [6.45, 7) is 3.45. The van der Waals surface area contributed by atoms with Crippen LogP contribution in [0.5, 0.6) is 0 Å². The summed E-state index contributed by atoms with van der Waals surface area (Å²) < 4.78 is 2.18. The zero-order chi connectivity index (χ0) is 22.1. The zero-order valence-corrected chi connectivity index (χ0v) is 20.3. The quantitative estimate of drug-likeness (QED) is 0.489. The Morgan fingerprint density at radius 1 is 1.16 bits per heavy atom. The van der Waals surface area contributed by atoms with Gasteiger partial charge in [-0.15, -0.1) is 0 Å². The van der Waals surface area contributed by atoms with Crippen molar-refractivity contribution in [3.05, 3.63) is 31.9 Å². The van der Waals surface area contributed by atoms with Crippen molar-refractivity contribution in [3.8, 4) is 6.07 Å². The van der Waals surface area contributed by atoms with E-state index in [4.69, 9.17) is 12.2 Å². The molecule has 3 aliphatic rings. The van der Waals surface area contributed by atoms with E-state index >= 15 is 0 Å². The van der Waals surface area contributed by atoms with E-state index in [-0.39, 0.29) is 23.1 Å². The fourth-order valence-electron chi connectivity index (χ4n) is 4.63. The number of aromatic nitrogens is 1. The standard InChI is InChI=1S/C22H26N4O2S3/c1-14-16(12-18-21(28)26(22(29)31-18)15-6-4-3-5-7-15)19(25-8-10-30-11-9-25)24(2)20(27)17(14)13-23/h12,15H,3-11H2,1-2H3. The second-order valence-corrected chi connectivity index (χ2v) is 11.1. The number of nitrogens with zero attached hydrogens (tertiary/aromatic N) is 4. The van der Waals surface area contributed by atoms with Crippen LogP contribution in [0.3, 0.4) is 0 Å². The Balaban J connectivity index is 1.80. The molecule has 1 aliphatic carbocycles. The normalized spacial score (nSPS) is 21.8. The third-order valence-corrected chi connectivity index (χ3v) is 8.59. The Morgan fingerprint density at radius 3 is 2.48 bits per heavy atom. The molecule has 3 fully saturated rings. The van der Waals surface area contributed by atoms with E-state index in [0.29, 0.717) is 14.8 Å². The molecular weight excluding hydrogens is 448 g/mol. The summed E-state index contributed by atoms with van der Waals surface area (Å²) >= 11 is 8.81. The van der Waals surface area contributed by atoms with Crippen LogP contribution < -0.4 is 10.5 Å². The molecule has 1 aromatic heterocycles. The zero-order valence-electron chi connectivity index (χ0n) is 17.8. The van der Waals surface area contributed by atoms with E-state index < -0.39 is 0 Å². The fraction of sp³-hybridized carbons (Fsp3) is 0.545. The molecule has 2 saturated heterocycles. The molecule has 0 aromatic carbocycles. The number of rotatable bonds is 3. The van der Waals surface area contributed by atoms with Crippen molar-refractivity contribution in [1.82, 2.24) is 9.47 Å². The van der Waals surface area contributed by atoms with Gasteiger partial charge in [-0.25, -0.2) is 0 Å². The Hall–Kier alpha value is -1.76. The van der Waals surface area contributed by atoms with Crippen LogP contribution in [0.4, 0.5) is 5.82 Å². The van der Waals surface area contributed by atoms with Gasteiger partial charge in [0.2, 0.25) is 0 Å². The summed E-state index contributed by atoms with van der Waals surface area (Å²) in [7, 11) is 1.71. The number of carbonyl (C=O) groups is 1. The SMILES string of the molecule is Cc1c(C=C2SC(=S)N(C3CCCCC3)C2=O)c(N2CCSCC2)n(C)c(=O)c1C#N. The van der Waals surface area contributed by atoms with E-state index in [9.17, 15) is 14.9 Å². The topological polar surface area (TPSA) is 69.3 Å². The van der Waals surface area contributed by atoms with Crippen molar-refractivity contribution in [2.45, 2.75) is 45.1 Å². The third-order valence-electron chi connectivity index (χ3n) is 6.32. The number of anilines is 1. The maximum atomic E-state index is 13.3. The van der Waals surface area contributed by atoms with Crippen LogP contribution in [0.25, 0.3) is 6.08 Å². The number of nitriles is 1. The minimum atomic E-state index is -0.292. The van der Waals surface area contributed by atoms with E-state index in [1.165, 1.54) is 18.2 Å². The first-order chi connectivity index (χ1) is 14.9. The van der Waals surface area contributed by atoms with Crippen molar-refractivity contribution >= 4 is 57.9 Å². The molecule has 2 aliphatic heterocycles. The highest BCUT2D eigenvalue weighted by Crippen LogP contribution is 2.39. The molecular formula is C22H26N4O2S3. The number of hydrogen-bond donors (Lipinski definition) is 0. The lowest BCUT2D eigenvalue weighted by atomic mass is 9.94. The number of carbonyl (C=O) groups excluding carboxylic acids is 1. The van der Waals surface area contributed by atoms with Gasteiger partial charge in [-0.3, -0.25) is 19.1 Å². The molecule has 0 atom stereocenters. The number of thioether (sulfide) groups is 2. The molecule has 0 unspecified atom stereocenters. The van der Waals surface area contributed by atoms with Crippen LogP contribution in [0.2, 0.25) is 0 Å². The summed E-state index contributed by atoms with van der Waals surface area (Å²) in [4.78, 5) is 30.7. The first-order valence-corrected chi connectivity index (χ1v) is 13.1. The Labute approximate surface area is 196 Å². The largest absolute Gasteiger partial charge is 0.356 e. The lowest BCUT2D eigenvalue weighted by molar-refractivity contribution is -0.124. The van der Waals surface area contributed by atoms with Crippen molar-refractivity contribution in [2.24, 2.45) is 7.05 Å². The Bertz CT molecular complexity index is 1040. The molecule has 31 heavy (non-hydrogen) atoms. The maximum absolute atomic E-state index is 13.3. The Morgan fingerprint density at radius 2 is 1.84 bits per heavy atom. The molecule has 1 amide bonds. The molecule has 6 nitrogen and oxygen atoms in total. The van der Waals surface area contributed by atoms with E-state index in [1.807, 2.05) is 17.8 Å². The minimum Gasteiger partial charge on any atom is -0.356 e. The Kier molecular flexibility index (Phi) is 6.80. The summed E-state index contributed by atoms with van der Waals surface area (Å²) in [5.74, 6) is 2.70. The monoisotopic (exact) mass is 474 g/mol. The van der Waals surface area contributed by atoms with Crippen molar-refractivity contribution in [3.63, 3.8) is 0 Å². The summed E-state index contributed by atoms with van der Waals surface area (Å²) in [6, 6.07) is 2.25. The lowest BCUT2D eigenvalue weighted by Gasteiger charge is -2.32. The van der Waals surface area contributed by atoms with Gasteiger partial charge in [0.15, 0.2) is 0 Å². The van der Waals surface area contributed by atoms with Crippen LogP contribution >= 0.6 is 35.7 Å². The van der Waals surface area contributed by atoms with E-state index in [1.54, 1.807) is 23.4 Å². The van der Waals surface area contributed by atoms with Crippen LogP contribution in [-0.4, -0.2) is 50.3 Å². The predicted molar refractivity (Wildman–Crippen MR) is 133 cm³/mol. The van der Waals surface area contributed by atoms with Gasteiger partial charge in [0.1, 0.15) is 21.8 Å². The fourth-order valence-corrected chi connectivity index (χ4v) is 6.92.